The number of nitrogens with one attached hydrogen (secondary N) is 1. The van der Waals surface area contributed by atoms with Gasteiger partial charge in [0.2, 0.25) is 11.8 Å². The molecule has 0 saturated carbocycles. The molecule has 5 heteroatoms. The molecule has 0 aliphatic rings. The van der Waals surface area contributed by atoms with Gasteiger partial charge in [0.1, 0.15) is 0 Å². The summed E-state index contributed by atoms with van der Waals surface area (Å²) in [6, 6.07) is 1.77. The standard InChI is InChI=1S/C14H24ClN3O/c1-4-9-19-12-7-8-16-13(18-12)17-11-14(5-2,6-3)10-15/h7-8H,4-6,9-11H2,1-3H3,(H,16,17,18). The molecule has 0 aliphatic heterocycles. The minimum Gasteiger partial charge on any atom is -0.478 e. The van der Waals surface area contributed by atoms with E-state index in [1.54, 1.807) is 12.3 Å². The number of nitrogens with zero attached hydrogens (tertiary/aromatic N) is 2. The van der Waals surface area contributed by atoms with Crippen LogP contribution in [0.4, 0.5) is 5.95 Å². The van der Waals surface area contributed by atoms with E-state index in [9.17, 15) is 0 Å². The second-order valence-corrected chi connectivity index (χ2v) is 5.03. The second-order valence-electron chi connectivity index (χ2n) is 4.76. The Morgan fingerprint density at radius 1 is 1.32 bits per heavy atom. The summed E-state index contributed by atoms with van der Waals surface area (Å²) >= 11 is 6.09. The fourth-order valence-electron chi connectivity index (χ4n) is 1.72. The number of aromatic nitrogens is 2. The molecule has 0 spiro atoms. The van der Waals surface area contributed by atoms with Crippen molar-refractivity contribution in [1.29, 1.82) is 0 Å². The molecule has 1 heterocycles. The highest BCUT2D eigenvalue weighted by Crippen LogP contribution is 2.28. The average molecular weight is 286 g/mol. The SMILES string of the molecule is CCCOc1ccnc(NCC(CC)(CC)CCl)n1. The van der Waals surface area contributed by atoms with Gasteiger partial charge in [0, 0.05) is 30.1 Å². The van der Waals surface area contributed by atoms with Gasteiger partial charge in [-0.2, -0.15) is 4.98 Å². The van der Waals surface area contributed by atoms with Crippen LogP contribution in [0, 0.1) is 5.41 Å². The molecule has 0 unspecified atom stereocenters. The molecule has 0 aliphatic carbocycles. The van der Waals surface area contributed by atoms with Gasteiger partial charge in [-0.1, -0.05) is 20.8 Å². The Morgan fingerprint density at radius 3 is 2.63 bits per heavy atom. The van der Waals surface area contributed by atoms with E-state index in [1.807, 2.05) is 0 Å². The molecule has 108 valence electrons. The summed E-state index contributed by atoms with van der Waals surface area (Å²) in [4.78, 5) is 8.54. The quantitative estimate of drug-likeness (QED) is 0.703. The lowest BCUT2D eigenvalue weighted by molar-refractivity contribution is 0.304. The summed E-state index contributed by atoms with van der Waals surface area (Å²) < 4.78 is 5.49. The maximum Gasteiger partial charge on any atom is 0.225 e. The lowest BCUT2D eigenvalue weighted by atomic mass is 9.84. The van der Waals surface area contributed by atoms with Crippen molar-refractivity contribution in [1.82, 2.24) is 9.97 Å². The predicted octanol–water partition coefficient (Wildman–Crippen LogP) is 3.72. The highest BCUT2D eigenvalue weighted by Gasteiger charge is 2.25. The van der Waals surface area contributed by atoms with Crippen molar-refractivity contribution in [2.45, 2.75) is 40.0 Å². The van der Waals surface area contributed by atoms with E-state index >= 15 is 0 Å². The summed E-state index contributed by atoms with van der Waals surface area (Å²) in [6.45, 7) is 7.84. The van der Waals surface area contributed by atoms with Gasteiger partial charge in [-0.05, 0) is 19.3 Å². The minimum absolute atomic E-state index is 0.102. The third-order valence-electron chi connectivity index (χ3n) is 3.49. The van der Waals surface area contributed by atoms with Gasteiger partial charge in [-0.15, -0.1) is 11.6 Å². The van der Waals surface area contributed by atoms with Crippen LogP contribution in [0.5, 0.6) is 5.88 Å². The number of rotatable bonds is 9. The van der Waals surface area contributed by atoms with E-state index in [-0.39, 0.29) is 5.41 Å². The zero-order valence-corrected chi connectivity index (χ0v) is 12.8. The molecule has 0 aromatic carbocycles. The molecule has 1 N–H and O–H groups in total. The van der Waals surface area contributed by atoms with Crippen LogP contribution in [0.25, 0.3) is 0 Å². The Kier molecular flexibility index (Phi) is 6.92. The summed E-state index contributed by atoms with van der Waals surface area (Å²) in [5, 5.41) is 3.27. The molecule has 1 aromatic heterocycles. The van der Waals surface area contributed by atoms with Crippen molar-refractivity contribution in [2.24, 2.45) is 5.41 Å². The first kappa shape index (κ1) is 16.0. The first-order valence-corrected chi connectivity index (χ1v) is 7.48. The lowest BCUT2D eigenvalue weighted by Gasteiger charge is -2.29. The Bertz CT molecular complexity index is 361. The average Bonchev–Trinajstić information content (AvgIpc) is 2.47. The maximum absolute atomic E-state index is 6.09. The molecule has 0 atom stereocenters. The fourth-order valence-corrected chi connectivity index (χ4v) is 2.19. The van der Waals surface area contributed by atoms with Crippen molar-refractivity contribution in [2.75, 3.05) is 24.3 Å². The first-order chi connectivity index (χ1) is 9.19. The predicted molar refractivity (Wildman–Crippen MR) is 80.0 cm³/mol. The Hall–Kier alpha value is -1.03. The number of anilines is 1. The molecular weight excluding hydrogens is 262 g/mol. The van der Waals surface area contributed by atoms with Crippen LogP contribution in [0.2, 0.25) is 0 Å². The molecule has 19 heavy (non-hydrogen) atoms. The fraction of sp³-hybridized carbons (Fsp3) is 0.714. The van der Waals surface area contributed by atoms with Crippen LogP contribution in [-0.4, -0.2) is 29.0 Å². The summed E-state index contributed by atoms with van der Waals surface area (Å²) in [5.74, 6) is 1.85. The van der Waals surface area contributed by atoms with Crippen LogP contribution in [-0.2, 0) is 0 Å². The first-order valence-electron chi connectivity index (χ1n) is 6.95. The van der Waals surface area contributed by atoms with E-state index in [2.05, 4.69) is 36.1 Å². The van der Waals surface area contributed by atoms with Crippen molar-refractivity contribution >= 4 is 17.5 Å². The van der Waals surface area contributed by atoms with E-state index in [0.29, 0.717) is 24.3 Å². The summed E-state index contributed by atoms with van der Waals surface area (Å²) in [7, 11) is 0. The smallest absolute Gasteiger partial charge is 0.225 e. The number of ether oxygens (including phenoxy) is 1. The van der Waals surface area contributed by atoms with Gasteiger partial charge in [-0.3, -0.25) is 0 Å². The van der Waals surface area contributed by atoms with E-state index in [1.165, 1.54) is 0 Å². The largest absolute Gasteiger partial charge is 0.478 e. The molecule has 1 aromatic rings. The minimum atomic E-state index is 0.102. The Balaban J connectivity index is 2.61. The lowest BCUT2D eigenvalue weighted by Crippen LogP contribution is -2.30. The molecule has 0 fully saturated rings. The zero-order chi connectivity index (χ0) is 14.1. The van der Waals surface area contributed by atoms with Gasteiger partial charge in [0.05, 0.1) is 6.61 Å². The highest BCUT2D eigenvalue weighted by atomic mass is 35.5. The molecule has 0 bridgehead atoms. The third-order valence-corrected chi connectivity index (χ3v) is 4.06. The van der Waals surface area contributed by atoms with Gasteiger partial charge < -0.3 is 10.1 Å². The van der Waals surface area contributed by atoms with E-state index in [0.717, 1.165) is 25.8 Å². The van der Waals surface area contributed by atoms with Gasteiger partial charge in [0.25, 0.3) is 0 Å². The molecule has 1 rings (SSSR count). The Labute approximate surface area is 120 Å². The maximum atomic E-state index is 6.09. The number of halogens is 1. The molecule has 0 radical (unpaired) electrons. The van der Waals surface area contributed by atoms with Crippen LogP contribution in [0.15, 0.2) is 12.3 Å². The summed E-state index contributed by atoms with van der Waals surface area (Å²) in [5.41, 5.74) is 0.102. The Morgan fingerprint density at radius 2 is 2.05 bits per heavy atom. The molecular formula is C14H24ClN3O. The second kappa shape index (κ2) is 8.20. The topological polar surface area (TPSA) is 47.0 Å². The van der Waals surface area contributed by atoms with Gasteiger partial charge in [0.15, 0.2) is 0 Å². The van der Waals surface area contributed by atoms with Gasteiger partial charge in [-0.25, -0.2) is 4.98 Å². The number of hydrogen-bond acceptors (Lipinski definition) is 4. The van der Waals surface area contributed by atoms with Crippen molar-refractivity contribution in [3.8, 4) is 5.88 Å². The van der Waals surface area contributed by atoms with Crippen LogP contribution in [0.1, 0.15) is 40.0 Å². The van der Waals surface area contributed by atoms with Crippen LogP contribution in [0.3, 0.4) is 0 Å². The zero-order valence-electron chi connectivity index (χ0n) is 12.1. The van der Waals surface area contributed by atoms with Gasteiger partial charge >= 0.3 is 0 Å². The monoisotopic (exact) mass is 285 g/mol. The molecule has 4 nitrogen and oxygen atoms in total. The number of alkyl halides is 1. The molecule has 0 amide bonds. The van der Waals surface area contributed by atoms with Crippen molar-refractivity contribution < 1.29 is 4.74 Å². The highest BCUT2D eigenvalue weighted by molar-refractivity contribution is 6.18. The summed E-state index contributed by atoms with van der Waals surface area (Å²) in [6.07, 6.45) is 4.74. The third kappa shape index (κ3) is 4.86. The molecule has 0 saturated heterocycles. The van der Waals surface area contributed by atoms with E-state index in [4.69, 9.17) is 16.3 Å². The number of hydrogen-bond donors (Lipinski definition) is 1. The van der Waals surface area contributed by atoms with Crippen LogP contribution < -0.4 is 10.1 Å². The van der Waals surface area contributed by atoms with E-state index < -0.39 is 0 Å². The normalized spacial score (nSPS) is 11.4. The van der Waals surface area contributed by atoms with Crippen molar-refractivity contribution in [3.63, 3.8) is 0 Å². The van der Waals surface area contributed by atoms with Crippen LogP contribution >= 0.6 is 11.6 Å². The van der Waals surface area contributed by atoms with Crippen molar-refractivity contribution in [3.05, 3.63) is 12.3 Å².